The third-order valence-electron chi connectivity index (χ3n) is 4.40. The Kier molecular flexibility index (Phi) is 6.69. The van der Waals surface area contributed by atoms with E-state index >= 15 is 0 Å². The van der Waals surface area contributed by atoms with E-state index in [0.29, 0.717) is 23.3 Å². The Hall–Kier alpha value is -3.38. The second kappa shape index (κ2) is 9.41. The molecule has 0 aliphatic carbocycles. The molecule has 1 amide bonds. The van der Waals surface area contributed by atoms with E-state index in [-0.39, 0.29) is 22.3 Å². The molecule has 30 heavy (non-hydrogen) atoms. The van der Waals surface area contributed by atoms with Gasteiger partial charge in [-0.05, 0) is 47.9 Å². The number of aldehydes is 1. The van der Waals surface area contributed by atoms with Crippen molar-refractivity contribution in [3.63, 3.8) is 0 Å². The molecule has 6 nitrogen and oxygen atoms in total. The summed E-state index contributed by atoms with van der Waals surface area (Å²) >= 11 is 6.12. The lowest BCUT2D eigenvalue weighted by molar-refractivity contribution is -0.119. The van der Waals surface area contributed by atoms with Crippen LogP contribution in [0.15, 0.2) is 59.0 Å². The summed E-state index contributed by atoms with van der Waals surface area (Å²) in [5, 5.41) is 2.94. The van der Waals surface area contributed by atoms with Crippen molar-refractivity contribution in [1.82, 2.24) is 0 Å². The van der Waals surface area contributed by atoms with E-state index in [1.807, 2.05) is 32.0 Å². The summed E-state index contributed by atoms with van der Waals surface area (Å²) < 4.78 is 10.5. The smallest absolute Gasteiger partial charge is 0.340 e. The third-order valence-corrected chi connectivity index (χ3v) is 4.73. The van der Waals surface area contributed by atoms with E-state index in [1.165, 1.54) is 18.2 Å². The second-order valence-electron chi connectivity index (χ2n) is 6.88. The maximum Gasteiger partial charge on any atom is 0.340 e. The minimum Gasteiger partial charge on any atom is -0.453 e. The lowest BCUT2D eigenvalue weighted by atomic mass is 10.0. The number of carbonyl (C=O) groups excluding carboxylic acids is 3. The maximum absolute atomic E-state index is 12.5. The summed E-state index contributed by atoms with van der Waals surface area (Å²) in [5.41, 5.74) is 2.31. The molecule has 0 aliphatic rings. The molecule has 1 heterocycles. The number of hydrogen-bond donors (Lipinski definition) is 1. The molecule has 2 aromatic carbocycles. The highest BCUT2D eigenvalue weighted by Crippen LogP contribution is 2.27. The Balaban J connectivity index is 1.68. The zero-order chi connectivity index (χ0) is 21.7. The van der Waals surface area contributed by atoms with Gasteiger partial charge in [0.15, 0.2) is 18.7 Å². The van der Waals surface area contributed by atoms with Gasteiger partial charge in [0.25, 0.3) is 5.91 Å². The number of carbonyl (C=O) groups is 3. The first-order valence-corrected chi connectivity index (χ1v) is 9.67. The first kappa shape index (κ1) is 21.3. The minimum absolute atomic E-state index is 0.0913. The SMILES string of the molecule is CC(C)c1ccccc1NC(=O)COC(=O)c1cc(-c2ccc(C=O)o2)ccc1Cl. The number of ether oxygens (including phenoxy) is 1. The van der Waals surface area contributed by atoms with E-state index < -0.39 is 18.5 Å². The summed E-state index contributed by atoms with van der Waals surface area (Å²) in [6.07, 6.45) is 0.588. The Bertz CT molecular complexity index is 1090. The fraction of sp³-hybridized carbons (Fsp3) is 0.174. The van der Waals surface area contributed by atoms with E-state index in [9.17, 15) is 14.4 Å². The van der Waals surface area contributed by atoms with E-state index in [0.717, 1.165) is 5.56 Å². The highest BCUT2D eigenvalue weighted by atomic mass is 35.5. The van der Waals surface area contributed by atoms with Crippen molar-refractivity contribution in [1.29, 1.82) is 0 Å². The number of anilines is 1. The summed E-state index contributed by atoms with van der Waals surface area (Å²) in [5.74, 6) is -0.387. The molecule has 0 atom stereocenters. The molecule has 3 rings (SSSR count). The number of halogens is 1. The van der Waals surface area contributed by atoms with Crippen LogP contribution in [0.1, 0.15) is 46.2 Å². The first-order chi connectivity index (χ1) is 14.4. The van der Waals surface area contributed by atoms with Gasteiger partial charge in [-0.25, -0.2) is 4.79 Å². The van der Waals surface area contributed by atoms with E-state index in [2.05, 4.69) is 5.32 Å². The lowest BCUT2D eigenvalue weighted by Crippen LogP contribution is -2.21. The van der Waals surface area contributed by atoms with Crippen molar-refractivity contribution >= 4 is 35.5 Å². The van der Waals surface area contributed by atoms with Crippen LogP contribution in [0.5, 0.6) is 0 Å². The number of hydrogen-bond acceptors (Lipinski definition) is 5. The van der Waals surface area contributed by atoms with Crippen LogP contribution in [0, 0.1) is 0 Å². The van der Waals surface area contributed by atoms with Gasteiger partial charge in [-0.15, -0.1) is 0 Å². The number of benzene rings is 2. The van der Waals surface area contributed by atoms with Crippen molar-refractivity contribution in [3.8, 4) is 11.3 Å². The number of amides is 1. The van der Waals surface area contributed by atoms with Crippen molar-refractivity contribution in [2.24, 2.45) is 0 Å². The predicted octanol–water partition coefficient (Wildman–Crippen LogP) is 5.33. The molecule has 0 fully saturated rings. The molecule has 0 saturated carbocycles. The number of para-hydroxylation sites is 1. The van der Waals surface area contributed by atoms with Gasteiger partial charge in [0.1, 0.15) is 5.76 Å². The molecule has 0 saturated heterocycles. The van der Waals surface area contributed by atoms with Gasteiger partial charge in [-0.2, -0.15) is 0 Å². The van der Waals surface area contributed by atoms with Gasteiger partial charge in [-0.1, -0.05) is 43.6 Å². The summed E-state index contributed by atoms with van der Waals surface area (Å²) in [4.78, 5) is 35.5. The average molecular weight is 426 g/mol. The first-order valence-electron chi connectivity index (χ1n) is 9.30. The van der Waals surface area contributed by atoms with Crippen LogP contribution >= 0.6 is 11.6 Å². The third kappa shape index (κ3) is 4.96. The van der Waals surface area contributed by atoms with Crippen molar-refractivity contribution in [2.45, 2.75) is 19.8 Å². The molecule has 0 aliphatic heterocycles. The van der Waals surface area contributed by atoms with Crippen molar-refractivity contribution in [3.05, 3.63) is 76.5 Å². The zero-order valence-electron chi connectivity index (χ0n) is 16.5. The summed E-state index contributed by atoms with van der Waals surface area (Å²) in [6.45, 7) is 3.59. The predicted molar refractivity (Wildman–Crippen MR) is 114 cm³/mol. The molecule has 3 aromatic rings. The van der Waals surface area contributed by atoms with Crippen molar-refractivity contribution < 1.29 is 23.5 Å². The van der Waals surface area contributed by atoms with Crippen LogP contribution in [-0.2, 0) is 9.53 Å². The number of rotatable bonds is 7. The second-order valence-corrected chi connectivity index (χ2v) is 7.29. The summed E-state index contributed by atoms with van der Waals surface area (Å²) in [6, 6.07) is 15.3. The normalized spacial score (nSPS) is 10.7. The lowest BCUT2D eigenvalue weighted by Gasteiger charge is -2.14. The minimum atomic E-state index is -0.740. The van der Waals surface area contributed by atoms with Crippen molar-refractivity contribution in [2.75, 3.05) is 11.9 Å². The largest absolute Gasteiger partial charge is 0.453 e. The Morgan fingerprint density at radius 2 is 1.90 bits per heavy atom. The topological polar surface area (TPSA) is 85.6 Å². The molecule has 1 aromatic heterocycles. The van der Waals surface area contributed by atoms with Crippen LogP contribution in [-0.4, -0.2) is 24.8 Å². The molecular formula is C23H20ClNO5. The maximum atomic E-state index is 12.5. The molecule has 154 valence electrons. The van der Waals surface area contributed by atoms with Gasteiger partial charge in [-0.3, -0.25) is 9.59 Å². The highest BCUT2D eigenvalue weighted by Gasteiger charge is 2.17. The molecule has 0 radical (unpaired) electrons. The number of furan rings is 1. The van der Waals surface area contributed by atoms with E-state index in [4.69, 9.17) is 20.8 Å². The molecule has 0 spiro atoms. The average Bonchev–Trinajstić information content (AvgIpc) is 3.22. The monoisotopic (exact) mass is 425 g/mol. The van der Waals surface area contributed by atoms with Gasteiger partial charge >= 0.3 is 5.97 Å². The summed E-state index contributed by atoms with van der Waals surface area (Å²) in [7, 11) is 0. The fourth-order valence-corrected chi connectivity index (χ4v) is 3.11. The quantitative estimate of drug-likeness (QED) is 0.408. The molecule has 0 bridgehead atoms. The molecule has 7 heteroatoms. The van der Waals surface area contributed by atoms with Crippen LogP contribution in [0.25, 0.3) is 11.3 Å². The van der Waals surface area contributed by atoms with Crippen LogP contribution in [0.2, 0.25) is 5.02 Å². The Morgan fingerprint density at radius 1 is 1.13 bits per heavy atom. The number of esters is 1. The Morgan fingerprint density at radius 3 is 2.60 bits per heavy atom. The van der Waals surface area contributed by atoms with Gasteiger partial charge in [0.05, 0.1) is 10.6 Å². The fourth-order valence-electron chi connectivity index (χ4n) is 2.92. The van der Waals surface area contributed by atoms with Crippen LogP contribution in [0.4, 0.5) is 5.69 Å². The standard InChI is InChI=1S/C23H20ClNO5/c1-14(2)17-5-3-4-6-20(17)25-22(27)13-29-23(28)18-11-15(7-9-19(18)24)21-10-8-16(12-26)30-21/h3-12,14H,13H2,1-2H3,(H,25,27). The van der Waals surface area contributed by atoms with Gasteiger partial charge in [0.2, 0.25) is 0 Å². The van der Waals surface area contributed by atoms with Gasteiger partial charge in [0, 0.05) is 11.3 Å². The Labute approximate surface area is 178 Å². The molecule has 1 N–H and O–H groups in total. The molecular weight excluding hydrogens is 406 g/mol. The zero-order valence-corrected chi connectivity index (χ0v) is 17.2. The number of nitrogens with one attached hydrogen (secondary N) is 1. The van der Waals surface area contributed by atoms with Gasteiger partial charge < -0.3 is 14.5 Å². The molecule has 0 unspecified atom stereocenters. The van der Waals surface area contributed by atoms with E-state index in [1.54, 1.807) is 18.2 Å². The highest BCUT2D eigenvalue weighted by molar-refractivity contribution is 6.33. The van der Waals surface area contributed by atoms with Crippen LogP contribution in [0.3, 0.4) is 0 Å². The van der Waals surface area contributed by atoms with Crippen LogP contribution < -0.4 is 5.32 Å².